The Morgan fingerprint density at radius 3 is 2.68 bits per heavy atom. The number of para-hydroxylation sites is 2. The highest BCUT2D eigenvalue weighted by molar-refractivity contribution is 6.00. The highest BCUT2D eigenvalue weighted by Crippen LogP contribution is 2.33. The molecule has 1 aromatic carbocycles. The van der Waals surface area contributed by atoms with Gasteiger partial charge < -0.3 is 20.3 Å². The van der Waals surface area contributed by atoms with Crippen LogP contribution >= 0.6 is 0 Å². The molecule has 3 rings (SSSR count). The summed E-state index contributed by atoms with van der Waals surface area (Å²) in [6.07, 6.45) is 1.72. The van der Waals surface area contributed by atoms with E-state index in [0.717, 1.165) is 31.6 Å². The minimum atomic E-state index is -0.521. The van der Waals surface area contributed by atoms with Crippen LogP contribution in [0.5, 0.6) is 5.75 Å². The van der Waals surface area contributed by atoms with Gasteiger partial charge in [-0.15, -0.1) is 0 Å². The first-order valence-corrected chi connectivity index (χ1v) is 9.08. The van der Waals surface area contributed by atoms with E-state index in [4.69, 9.17) is 10.5 Å². The number of piperidine rings is 1. The average Bonchev–Trinajstić information content (AvgIpc) is 2.62. The van der Waals surface area contributed by atoms with Crippen molar-refractivity contribution in [1.82, 2.24) is 4.90 Å². The van der Waals surface area contributed by atoms with Crippen molar-refractivity contribution in [3.8, 4) is 5.75 Å². The summed E-state index contributed by atoms with van der Waals surface area (Å²) in [5, 5.41) is 0. The average molecular weight is 345 g/mol. The van der Waals surface area contributed by atoms with Crippen molar-refractivity contribution in [2.24, 2.45) is 11.7 Å². The van der Waals surface area contributed by atoms with Crippen molar-refractivity contribution in [1.29, 1.82) is 0 Å². The van der Waals surface area contributed by atoms with Gasteiger partial charge in [-0.2, -0.15) is 0 Å². The van der Waals surface area contributed by atoms with Gasteiger partial charge in [-0.25, -0.2) is 0 Å². The third-order valence-electron chi connectivity index (χ3n) is 5.26. The van der Waals surface area contributed by atoms with Crippen LogP contribution < -0.4 is 15.4 Å². The molecule has 2 aliphatic heterocycles. The van der Waals surface area contributed by atoms with Crippen molar-refractivity contribution in [3.63, 3.8) is 0 Å². The second kappa shape index (κ2) is 7.44. The van der Waals surface area contributed by atoms with E-state index >= 15 is 0 Å². The second-order valence-electron chi connectivity index (χ2n) is 7.05. The molecule has 2 N–H and O–H groups in total. The standard InChI is InChI=1S/C19H27N3O3/c1-13(20)15-7-10-21(11-8-15)18(23)9-12-22-16-5-3-4-6-17(16)25-14(2)19(22)24/h3-6,13-15H,7-12,20H2,1-2H3. The zero-order chi connectivity index (χ0) is 18.0. The maximum Gasteiger partial charge on any atom is 0.267 e. The molecule has 0 aromatic heterocycles. The van der Waals surface area contributed by atoms with Crippen LogP contribution in [-0.4, -0.2) is 48.5 Å². The number of amides is 2. The number of hydrogen-bond donors (Lipinski definition) is 1. The van der Waals surface area contributed by atoms with Crippen molar-refractivity contribution in [2.45, 2.75) is 45.3 Å². The molecule has 0 spiro atoms. The van der Waals surface area contributed by atoms with Gasteiger partial charge in [0, 0.05) is 32.1 Å². The number of ether oxygens (including phenoxy) is 1. The molecule has 1 saturated heterocycles. The number of carbonyl (C=O) groups is 2. The highest BCUT2D eigenvalue weighted by Gasteiger charge is 2.32. The van der Waals surface area contributed by atoms with Gasteiger partial charge in [0.1, 0.15) is 5.75 Å². The smallest absolute Gasteiger partial charge is 0.267 e. The summed E-state index contributed by atoms with van der Waals surface area (Å²) in [6.45, 7) is 5.68. The predicted molar refractivity (Wildman–Crippen MR) is 96.5 cm³/mol. The topological polar surface area (TPSA) is 75.9 Å². The molecule has 25 heavy (non-hydrogen) atoms. The zero-order valence-corrected chi connectivity index (χ0v) is 15.0. The van der Waals surface area contributed by atoms with E-state index in [1.165, 1.54) is 0 Å². The molecule has 2 aliphatic rings. The lowest BCUT2D eigenvalue weighted by atomic mass is 9.91. The number of benzene rings is 1. The molecule has 0 aliphatic carbocycles. The van der Waals surface area contributed by atoms with Gasteiger partial charge in [0.2, 0.25) is 5.91 Å². The summed E-state index contributed by atoms with van der Waals surface area (Å²) in [5.74, 6) is 1.20. The molecular formula is C19H27N3O3. The Hall–Kier alpha value is -2.08. The second-order valence-corrected chi connectivity index (χ2v) is 7.05. The maximum absolute atomic E-state index is 12.5. The number of rotatable bonds is 4. The Bertz CT molecular complexity index is 639. The fourth-order valence-electron chi connectivity index (χ4n) is 3.63. The van der Waals surface area contributed by atoms with Gasteiger partial charge in [0.25, 0.3) is 5.91 Å². The van der Waals surface area contributed by atoms with E-state index in [1.54, 1.807) is 11.8 Å². The number of hydrogen-bond acceptors (Lipinski definition) is 4. The predicted octanol–water partition coefficient (Wildman–Crippen LogP) is 1.78. The van der Waals surface area contributed by atoms with E-state index in [-0.39, 0.29) is 17.9 Å². The highest BCUT2D eigenvalue weighted by atomic mass is 16.5. The number of likely N-dealkylation sites (tertiary alicyclic amines) is 1. The SMILES string of the molecule is CC1Oc2ccccc2N(CCC(=O)N2CCC(C(C)N)CC2)C1=O. The molecule has 6 heteroatoms. The number of nitrogens with two attached hydrogens (primary N) is 1. The molecule has 0 bridgehead atoms. The summed E-state index contributed by atoms with van der Waals surface area (Å²) < 4.78 is 5.63. The van der Waals surface area contributed by atoms with E-state index in [2.05, 4.69) is 0 Å². The van der Waals surface area contributed by atoms with Gasteiger partial charge in [-0.1, -0.05) is 12.1 Å². The molecule has 136 valence electrons. The van der Waals surface area contributed by atoms with Gasteiger partial charge in [0.15, 0.2) is 6.10 Å². The number of nitrogens with zero attached hydrogens (tertiary/aromatic N) is 2. The number of carbonyl (C=O) groups excluding carboxylic acids is 2. The minimum absolute atomic E-state index is 0.0952. The van der Waals surface area contributed by atoms with Crippen LogP contribution in [0.3, 0.4) is 0 Å². The van der Waals surface area contributed by atoms with Gasteiger partial charge >= 0.3 is 0 Å². The first-order chi connectivity index (χ1) is 12.0. The Morgan fingerprint density at radius 1 is 1.32 bits per heavy atom. The van der Waals surface area contributed by atoms with E-state index < -0.39 is 6.10 Å². The quantitative estimate of drug-likeness (QED) is 0.902. The van der Waals surface area contributed by atoms with E-state index in [9.17, 15) is 9.59 Å². The zero-order valence-electron chi connectivity index (χ0n) is 15.0. The van der Waals surface area contributed by atoms with Crippen molar-refractivity contribution in [3.05, 3.63) is 24.3 Å². The summed E-state index contributed by atoms with van der Waals surface area (Å²) >= 11 is 0. The summed E-state index contributed by atoms with van der Waals surface area (Å²) in [4.78, 5) is 28.6. The normalized spacial score (nSPS) is 22.4. The van der Waals surface area contributed by atoms with E-state index in [0.29, 0.717) is 24.6 Å². The van der Waals surface area contributed by atoms with Crippen LogP contribution in [0.15, 0.2) is 24.3 Å². The summed E-state index contributed by atoms with van der Waals surface area (Å²) in [5.41, 5.74) is 6.70. The third-order valence-corrected chi connectivity index (χ3v) is 5.26. The Labute approximate surface area is 148 Å². The molecule has 2 unspecified atom stereocenters. The van der Waals surface area contributed by atoms with Crippen LogP contribution in [0.4, 0.5) is 5.69 Å². The van der Waals surface area contributed by atoms with Crippen LogP contribution in [0.2, 0.25) is 0 Å². The molecule has 2 atom stereocenters. The lowest BCUT2D eigenvalue weighted by molar-refractivity contribution is -0.132. The van der Waals surface area contributed by atoms with Crippen LogP contribution in [0.25, 0.3) is 0 Å². The van der Waals surface area contributed by atoms with Crippen molar-refractivity contribution < 1.29 is 14.3 Å². The molecule has 1 aromatic rings. The molecule has 2 amide bonds. The fourth-order valence-corrected chi connectivity index (χ4v) is 3.63. The van der Waals surface area contributed by atoms with Crippen LogP contribution in [-0.2, 0) is 9.59 Å². The Morgan fingerprint density at radius 2 is 2.00 bits per heavy atom. The third kappa shape index (κ3) is 3.79. The monoisotopic (exact) mass is 345 g/mol. The van der Waals surface area contributed by atoms with Gasteiger partial charge in [0.05, 0.1) is 5.69 Å². The largest absolute Gasteiger partial charge is 0.479 e. The van der Waals surface area contributed by atoms with Gasteiger partial charge in [-0.05, 0) is 44.7 Å². The minimum Gasteiger partial charge on any atom is -0.479 e. The van der Waals surface area contributed by atoms with Crippen molar-refractivity contribution >= 4 is 17.5 Å². The van der Waals surface area contributed by atoms with Crippen LogP contribution in [0.1, 0.15) is 33.1 Å². The number of fused-ring (bicyclic) bond motifs is 1. The summed E-state index contributed by atoms with van der Waals surface area (Å²) in [6, 6.07) is 7.65. The maximum atomic E-state index is 12.5. The molecule has 0 radical (unpaired) electrons. The molecule has 0 saturated carbocycles. The fraction of sp³-hybridized carbons (Fsp3) is 0.579. The lowest BCUT2D eigenvalue weighted by Crippen LogP contribution is -2.47. The summed E-state index contributed by atoms with van der Waals surface area (Å²) in [7, 11) is 0. The van der Waals surface area contributed by atoms with E-state index in [1.807, 2.05) is 36.1 Å². The first-order valence-electron chi connectivity index (χ1n) is 9.08. The first kappa shape index (κ1) is 17.7. The molecular weight excluding hydrogens is 318 g/mol. The lowest BCUT2D eigenvalue weighted by Gasteiger charge is -2.35. The Balaban J connectivity index is 1.60. The number of anilines is 1. The van der Waals surface area contributed by atoms with Gasteiger partial charge in [-0.3, -0.25) is 9.59 Å². The molecule has 2 heterocycles. The van der Waals surface area contributed by atoms with Crippen molar-refractivity contribution in [2.75, 3.05) is 24.5 Å². The van der Waals surface area contributed by atoms with Crippen LogP contribution in [0, 0.1) is 5.92 Å². The molecule has 1 fully saturated rings. The Kier molecular flexibility index (Phi) is 5.27. The molecule has 6 nitrogen and oxygen atoms in total.